The van der Waals surface area contributed by atoms with E-state index < -0.39 is 155 Å². The van der Waals surface area contributed by atoms with E-state index in [0.717, 1.165) is 51.6 Å². The molecule has 412 valence electrons. The standard InChI is InChI=1S/C50H80O22/c1-20-7-12-50(64-18-20)21(2)32-28(72-50)14-26-24-6-5-22-13-23(8-10-48(22,3)25(24)9-11-49(26,32)4)65-47-43(71-45-38(60)36(58)34(56)29(15-51)66-45)39(61)41(31(17-53)68-47)69-46-40(62)42(35(57)30(16-52)67-46)70-44-37(59)33(55)27(54)19-63-44/h5,20-21,23-47,51-62H,6-19H2,1-4H3. The molecule has 4 aliphatic carbocycles. The van der Waals surface area contributed by atoms with Crippen LogP contribution >= 0.6 is 0 Å². The number of hydrogen-bond donors (Lipinski definition) is 12. The third-order valence-corrected chi connectivity index (χ3v) is 19.4. The van der Waals surface area contributed by atoms with E-state index >= 15 is 0 Å². The van der Waals surface area contributed by atoms with Crippen molar-refractivity contribution >= 4 is 0 Å². The molecule has 0 aromatic carbocycles. The van der Waals surface area contributed by atoms with Crippen LogP contribution in [0.2, 0.25) is 0 Å². The summed E-state index contributed by atoms with van der Waals surface area (Å²) in [7, 11) is 0. The molecule has 10 aliphatic rings. The van der Waals surface area contributed by atoms with Crippen LogP contribution in [0.25, 0.3) is 0 Å². The van der Waals surface area contributed by atoms with Gasteiger partial charge in [-0.3, -0.25) is 0 Å². The zero-order chi connectivity index (χ0) is 51.3. The number of ether oxygens (including phenoxy) is 10. The van der Waals surface area contributed by atoms with Gasteiger partial charge in [0.15, 0.2) is 30.9 Å². The Labute approximate surface area is 419 Å². The lowest BCUT2D eigenvalue weighted by Gasteiger charge is -2.59. The highest BCUT2D eigenvalue weighted by molar-refractivity contribution is 5.26. The molecule has 9 fully saturated rings. The molecule has 6 saturated heterocycles. The van der Waals surface area contributed by atoms with Crippen LogP contribution in [0, 0.1) is 46.3 Å². The predicted octanol–water partition coefficient (Wildman–Crippen LogP) is -2.35. The first-order valence-corrected chi connectivity index (χ1v) is 26.4. The molecular formula is C50H80O22. The first-order chi connectivity index (χ1) is 34.3. The largest absolute Gasteiger partial charge is 0.394 e. The van der Waals surface area contributed by atoms with Crippen molar-refractivity contribution in [1.29, 1.82) is 0 Å². The van der Waals surface area contributed by atoms with E-state index in [1.54, 1.807) is 0 Å². The molecule has 0 amide bonds. The number of aliphatic hydroxyl groups is 12. The predicted molar refractivity (Wildman–Crippen MR) is 242 cm³/mol. The number of rotatable bonds is 11. The van der Waals surface area contributed by atoms with E-state index in [1.807, 2.05) is 0 Å². The maximum Gasteiger partial charge on any atom is 0.187 e. The summed E-state index contributed by atoms with van der Waals surface area (Å²) in [5.74, 6) is 2.28. The van der Waals surface area contributed by atoms with Crippen LogP contribution in [0.15, 0.2) is 11.6 Å². The Hall–Kier alpha value is -1.14. The summed E-state index contributed by atoms with van der Waals surface area (Å²) >= 11 is 0. The Morgan fingerprint density at radius 3 is 1.94 bits per heavy atom. The summed E-state index contributed by atoms with van der Waals surface area (Å²) in [6.07, 6.45) is -21.9. The van der Waals surface area contributed by atoms with Crippen LogP contribution in [0.1, 0.15) is 85.5 Å². The van der Waals surface area contributed by atoms with E-state index in [-0.39, 0.29) is 16.9 Å². The van der Waals surface area contributed by atoms with Crippen molar-refractivity contribution in [1.82, 2.24) is 0 Å². The molecule has 6 heterocycles. The molecule has 72 heavy (non-hydrogen) atoms. The molecule has 0 radical (unpaired) electrons. The number of allylic oxidation sites excluding steroid dienone is 1. The topological polar surface area (TPSA) is 335 Å². The second-order valence-corrected chi connectivity index (χ2v) is 23.5. The van der Waals surface area contributed by atoms with Crippen molar-refractivity contribution in [2.45, 2.75) is 220 Å². The molecule has 0 aromatic rings. The zero-order valence-electron chi connectivity index (χ0n) is 41.5. The first-order valence-electron chi connectivity index (χ1n) is 26.4. The smallest absolute Gasteiger partial charge is 0.187 e. The van der Waals surface area contributed by atoms with Crippen LogP contribution in [0.4, 0.5) is 0 Å². The van der Waals surface area contributed by atoms with Crippen molar-refractivity contribution in [3.8, 4) is 0 Å². The molecule has 10 rings (SSSR count). The SMILES string of the molecule is CC1CCC2(OC1)OC1CC3C4CC=C5CC(OC6OC(CO)C(OC7OC(CO)C(O)C(OC8OCC(O)C(O)C8O)C7O)C(O)C6OC6OC(CO)C(O)C(O)C6O)CCC5(C)C4CCC3(C)C1C2C. The van der Waals surface area contributed by atoms with Gasteiger partial charge in [-0.2, -0.15) is 0 Å². The van der Waals surface area contributed by atoms with E-state index in [9.17, 15) is 61.3 Å². The fourth-order valence-electron chi connectivity index (χ4n) is 15.3. The van der Waals surface area contributed by atoms with Crippen LogP contribution in [-0.4, -0.2) is 229 Å². The maximum atomic E-state index is 12.3. The lowest BCUT2D eigenvalue weighted by molar-refractivity contribution is -0.396. The van der Waals surface area contributed by atoms with Gasteiger partial charge in [0.25, 0.3) is 0 Å². The number of hydrogen-bond acceptors (Lipinski definition) is 22. The third-order valence-electron chi connectivity index (χ3n) is 19.4. The maximum absolute atomic E-state index is 12.3. The normalized spacial score (nSPS) is 56.7. The summed E-state index contributed by atoms with van der Waals surface area (Å²) < 4.78 is 61.4. The van der Waals surface area contributed by atoms with Crippen molar-refractivity contribution in [2.24, 2.45) is 46.3 Å². The Balaban J connectivity index is 0.861. The molecule has 12 N–H and O–H groups in total. The summed E-state index contributed by atoms with van der Waals surface area (Å²) in [5, 5.41) is 129. The molecule has 22 nitrogen and oxygen atoms in total. The Morgan fingerprint density at radius 1 is 0.597 bits per heavy atom. The molecular weight excluding hydrogens is 953 g/mol. The van der Waals surface area contributed by atoms with Gasteiger partial charge in [0.1, 0.15) is 91.6 Å². The van der Waals surface area contributed by atoms with Gasteiger partial charge in [0.05, 0.1) is 45.2 Å². The van der Waals surface area contributed by atoms with Crippen molar-refractivity contribution in [2.75, 3.05) is 33.0 Å². The average molecular weight is 1030 g/mol. The highest BCUT2D eigenvalue weighted by atomic mass is 16.8. The molecule has 0 bridgehead atoms. The van der Waals surface area contributed by atoms with Gasteiger partial charge >= 0.3 is 0 Å². The minimum absolute atomic E-state index is 0.103. The minimum Gasteiger partial charge on any atom is -0.394 e. The molecule has 22 heteroatoms. The van der Waals surface area contributed by atoms with Crippen LogP contribution in [0.5, 0.6) is 0 Å². The summed E-state index contributed by atoms with van der Waals surface area (Å²) in [4.78, 5) is 0. The van der Waals surface area contributed by atoms with Crippen LogP contribution in [-0.2, 0) is 47.4 Å². The van der Waals surface area contributed by atoms with Gasteiger partial charge in [0.2, 0.25) is 0 Å². The Morgan fingerprint density at radius 2 is 1.25 bits per heavy atom. The average Bonchev–Trinajstić information content (AvgIpc) is 3.81. The van der Waals surface area contributed by atoms with E-state index in [0.29, 0.717) is 48.3 Å². The van der Waals surface area contributed by atoms with Gasteiger partial charge < -0.3 is 109 Å². The van der Waals surface area contributed by atoms with Crippen LogP contribution < -0.4 is 0 Å². The second kappa shape index (κ2) is 20.9. The first kappa shape index (κ1) is 54.2. The van der Waals surface area contributed by atoms with Gasteiger partial charge in [-0.05, 0) is 91.8 Å². The van der Waals surface area contributed by atoms with Crippen molar-refractivity contribution < 1.29 is 109 Å². The molecule has 1 spiro atoms. The quantitative estimate of drug-likeness (QED) is 0.0964. The fraction of sp³-hybridized carbons (Fsp3) is 0.960. The Bertz CT molecular complexity index is 1890. The van der Waals surface area contributed by atoms with Crippen LogP contribution in [0.3, 0.4) is 0 Å². The second-order valence-electron chi connectivity index (χ2n) is 23.5. The van der Waals surface area contributed by atoms with E-state index in [1.165, 1.54) is 5.57 Å². The lowest BCUT2D eigenvalue weighted by Crippen LogP contribution is -2.67. The molecule has 30 unspecified atom stereocenters. The molecule has 6 aliphatic heterocycles. The lowest BCUT2D eigenvalue weighted by atomic mass is 9.47. The molecule has 3 saturated carbocycles. The minimum atomic E-state index is -1.96. The highest BCUT2D eigenvalue weighted by Gasteiger charge is 2.69. The van der Waals surface area contributed by atoms with Gasteiger partial charge in [0, 0.05) is 12.3 Å². The highest BCUT2D eigenvalue weighted by Crippen LogP contribution is 2.71. The third kappa shape index (κ3) is 9.18. The van der Waals surface area contributed by atoms with Crippen molar-refractivity contribution in [3.05, 3.63) is 11.6 Å². The van der Waals surface area contributed by atoms with Gasteiger partial charge in [-0.25, -0.2) is 0 Å². The zero-order valence-corrected chi connectivity index (χ0v) is 41.5. The van der Waals surface area contributed by atoms with E-state index in [4.69, 9.17) is 47.4 Å². The molecule has 0 aromatic heterocycles. The van der Waals surface area contributed by atoms with E-state index in [2.05, 4.69) is 33.8 Å². The monoisotopic (exact) mass is 1030 g/mol. The van der Waals surface area contributed by atoms with Crippen molar-refractivity contribution in [3.63, 3.8) is 0 Å². The molecule has 30 atom stereocenters. The Kier molecular flexibility index (Phi) is 15.7. The number of fused-ring (bicyclic) bond motifs is 7. The number of aliphatic hydroxyl groups excluding tert-OH is 12. The summed E-state index contributed by atoms with van der Waals surface area (Å²) in [6.45, 7) is 7.37. The summed E-state index contributed by atoms with van der Waals surface area (Å²) in [6, 6.07) is 0. The fourth-order valence-corrected chi connectivity index (χ4v) is 15.3. The summed E-state index contributed by atoms with van der Waals surface area (Å²) in [5.41, 5.74) is 1.31. The van der Waals surface area contributed by atoms with Gasteiger partial charge in [-0.15, -0.1) is 0 Å². The van der Waals surface area contributed by atoms with Gasteiger partial charge in [-0.1, -0.05) is 39.3 Å².